The van der Waals surface area contributed by atoms with Crippen molar-refractivity contribution in [1.29, 1.82) is 0 Å². The number of carbonyl (C=O) groups is 8. The van der Waals surface area contributed by atoms with Crippen molar-refractivity contribution < 1.29 is 38.4 Å². The topological polar surface area (TPSA) is 315 Å². The number of carbonyl (C=O) groups excluding carboxylic acids is 8. The molecule has 0 aliphatic rings. The van der Waals surface area contributed by atoms with Gasteiger partial charge in [0.05, 0.1) is 42.7 Å². The zero-order valence-corrected chi connectivity index (χ0v) is 29.5. The Morgan fingerprint density at radius 2 is 1.22 bits per heavy atom. The number of ketones is 4. The lowest BCUT2D eigenvalue weighted by molar-refractivity contribution is -0.140. The second-order valence-corrected chi connectivity index (χ2v) is 13.1. The highest BCUT2D eigenvalue weighted by molar-refractivity contribution is 6.41. The number of primary amides is 2. The average Bonchev–Trinajstić information content (AvgIpc) is 3.02. The summed E-state index contributed by atoms with van der Waals surface area (Å²) in [6.07, 6.45) is 0.880. The molecular weight excluding hydrogens is 638 g/mol. The fraction of sp³-hybridized carbons (Fsp3) is 0.750. The van der Waals surface area contributed by atoms with Crippen LogP contribution in [0.25, 0.3) is 0 Å². The SMILES string of the molecule is CC(C)C[C@H](NCN[C@@H](C)C(=O)CC(=O)[C@H](CCC(N)=O)NC(=O)[C@@H](N)CCCCN)C(=O)N[C@H](C(=O)C(=O)[C@@H](N)CCC(N)=O)C(C)C. The summed E-state index contributed by atoms with van der Waals surface area (Å²) < 4.78 is 0. The van der Waals surface area contributed by atoms with Gasteiger partial charge in [0.15, 0.2) is 11.6 Å². The lowest BCUT2D eigenvalue weighted by Gasteiger charge is -2.26. The van der Waals surface area contributed by atoms with Gasteiger partial charge in [-0.2, -0.15) is 0 Å². The maximum Gasteiger partial charge on any atom is 0.237 e. The lowest BCUT2D eigenvalue weighted by atomic mass is 9.92. The molecule has 0 saturated heterocycles. The van der Waals surface area contributed by atoms with Crippen molar-refractivity contribution in [2.75, 3.05) is 13.2 Å². The molecule has 0 aromatic carbocycles. The average molecular weight is 698 g/mol. The summed E-state index contributed by atoms with van der Waals surface area (Å²) in [5.41, 5.74) is 27.5. The molecule has 0 spiro atoms. The van der Waals surface area contributed by atoms with Crippen LogP contribution in [-0.2, 0) is 38.4 Å². The van der Waals surface area contributed by atoms with Gasteiger partial charge in [-0.25, -0.2) is 0 Å². The molecule has 0 aromatic rings. The van der Waals surface area contributed by atoms with Crippen LogP contribution in [0.1, 0.15) is 92.4 Å². The van der Waals surface area contributed by atoms with E-state index in [1.807, 2.05) is 13.8 Å². The predicted molar refractivity (Wildman–Crippen MR) is 183 cm³/mol. The molecule has 0 unspecified atom stereocenters. The molecule has 0 fully saturated rings. The van der Waals surface area contributed by atoms with Crippen molar-refractivity contribution in [3.63, 3.8) is 0 Å². The first-order chi connectivity index (χ1) is 22.8. The quantitative estimate of drug-likeness (QED) is 0.0177. The number of hydrogen-bond acceptors (Lipinski definition) is 13. The predicted octanol–water partition coefficient (Wildman–Crippen LogP) is -2.47. The van der Waals surface area contributed by atoms with Crippen LogP contribution in [0.3, 0.4) is 0 Å². The van der Waals surface area contributed by atoms with Gasteiger partial charge in [-0.15, -0.1) is 0 Å². The molecular formula is C32H59N9O8. The third-order valence-electron chi connectivity index (χ3n) is 7.83. The number of nitrogens with one attached hydrogen (secondary N) is 4. The van der Waals surface area contributed by atoms with Crippen molar-refractivity contribution in [3.8, 4) is 0 Å². The molecule has 0 radical (unpaired) electrons. The molecule has 0 aliphatic heterocycles. The van der Waals surface area contributed by atoms with Gasteiger partial charge in [-0.1, -0.05) is 34.1 Å². The Bertz CT molecular complexity index is 1150. The van der Waals surface area contributed by atoms with Crippen LogP contribution in [-0.4, -0.2) is 96.2 Å². The summed E-state index contributed by atoms with van der Waals surface area (Å²) in [7, 11) is 0. The third-order valence-corrected chi connectivity index (χ3v) is 7.83. The fourth-order valence-electron chi connectivity index (χ4n) is 4.72. The fourth-order valence-corrected chi connectivity index (χ4v) is 4.72. The molecule has 0 aromatic heterocycles. The lowest BCUT2D eigenvalue weighted by Crippen LogP contribution is -2.56. The van der Waals surface area contributed by atoms with Gasteiger partial charge in [0.2, 0.25) is 35.2 Å². The molecule has 49 heavy (non-hydrogen) atoms. The highest BCUT2D eigenvalue weighted by atomic mass is 16.2. The Kier molecular flexibility index (Phi) is 21.9. The third kappa shape index (κ3) is 18.6. The second kappa shape index (κ2) is 23.7. The Hall–Kier alpha value is -3.64. The van der Waals surface area contributed by atoms with Crippen LogP contribution in [0.15, 0.2) is 0 Å². The van der Waals surface area contributed by atoms with E-state index >= 15 is 0 Å². The van der Waals surface area contributed by atoms with Gasteiger partial charge in [-0.05, 0) is 57.4 Å². The Labute approximate surface area is 288 Å². The smallest absolute Gasteiger partial charge is 0.237 e. The number of Topliss-reactive ketones (excluding diaryl/α,β-unsaturated/α-hetero) is 4. The highest BCUT2D eigenvalue weighted by Crippen LogP contribution is 2.11. The van der Waals surface area contributed by atoms with Crippen molar-refractivity contribution in [1.82, 2.24) is 21.3 Å². The van der Waals surface area contributed by atoms with E-state index in [1.54, 1.807) is 13.8 Å². The van der Waals surface area contributed by atoms with Gasteiger partial charge in [-0.3, -0.25) is 49.0 Å². The summed E-state index contributed by atoms with van der Waals surface area (Å²) in [4.78, 5) is 99.9. The monoisotopic (exact) mass is 697 g/mol. The molecule has 0 rings (SSSR count). The molecule has 6 atom stereocenters. The maximum atomic E-state index is 13.3. The Morgan fingerprint density at radius 3 is 1.76 bits per heavy atom. The van der Waals surface area contributed by atoms with Crippen LogP contribution in [0, 0.1) is 11.8 Å². The minimum absolute atomic E-state index is 0.0391. The van der Waals surface area contributed by atoms with Crippen molar-refractivity contribution in [2.45, 2.75) is 129 Å². The van der Waals surface area contributed by atoms with E-state index in [0.717, 1.165) is 0 Å². The van der Waals surface area contributed by atoms with E-state index in [2.05, 4.69) is 21.3 Å². The first-order valence-corrected chi connectivity index (χ1v) is 16.8. The largest absolute Gasteiger partial charge is 0.370 e. The zero-order valence-electron chi connectivity index (χ0n) is 29.5. The zero-order chi connectivity index (χ0) is 37.8. The van der Waals surface area contributed by atoms with Crippen LogP contribution in [0.5, 0.6) is 0 Å². The summed E-state index contributed by atoms with van der Waals surface area (Å²) in [6, 6.07) is -6.12. The number of unbranched alkanes of at least 4 members (excludes halogenated alkanes) is 1. The molecule has 17 nitrogen and oxygen atoms in total. The molecule has 17 heteroatoms. The van der Waals surface area contributed by atoms with Crippen LogP contribution in [0.2, 0.25) is 0 Å². The number of rotatable bonds is 28. The number of hydrogen-bond donors (Lipinski definition) is 9. The molecule has 0 saturated carbocycles. The van der Waals surface area contributed by atoms with Crippen molar-refractivity contribution in [2.24, 2.45) is 40.5 Å². The van der Waals surface area contributed by atoms with E-state index in [9.17, 15) is 38.4 Å². The standard InChI is InChI=1S/C32H59N9O8/c1-17(2)14-23(32(49)41-28(18(3)4)30(47)29(46)20(34)9-11-26(36)44)39-16-38-19(5)24(42)15-25(43)22(10-12-27(37)45)40-31(48)21(35)8-6-7-13-33/h17-23,28,38-39H,6-16,33-35H2,1-5H3,(H2,36,44)(H2,37,45)(H,40,48)(H,41,49)/t19-,20-,21-,22-,23-,28-/m0/s1. The number of amides is 4. The summed E-state index contributed by atoms with van der Waals surface area (Å²) in [6.45, 7) is 9.03. The molecule has 0 aliphatic carbocycles. The van der Waals surface area contributed by atoms with Crippen LogP contribution < -0.4 is 49.9 Å². The van der Waals surface area contributed by atoms with E-state index in [0.29, 0.717) is 32.2 Å². The minimum Gasteiger partial charge on any atom is -0.370 e. The molecule has 280 valence electrons. The van der Waals surface area contributed by atoms with Crippen LogP contribution in [0.4, 0.5) is 0 Å². The summed E-state index contributed by atoms with van der Waals surface area (Å²) in [5, 5.41) is 11.1. The van der Waals surface area contributed by atoms with Crippen molar-refractivity contribution in [3.05, 3.63) is 0 Å². The second-order valence-electron chi connectivity index (χ2n) is 13.1. The van der Waals surface area contributed by atoms with Crippen LogP contribution >= 0.6 is 0 Å². The molecule has 4 amide bonds. The number of nitrogens with two attached hydrogens (primary N) is 5. The van der Waals surface area contributed by atoms with E-state index in [1.165, 1.54) is 6.92 Å². The minimum atomic E-state index is -1.24. The molecule has 0 heterocycles. The van der Waals surface area contributed by atoms with E-state index < -0.39 is 95.4 Å². The Balaban J connectivity index is 5.39. The van der Waals surface area contributed by atoms with Crippen molar-refractivity contribution >= 4 is 46.8 Å². The van der Waals surface area contributed by atoms with Gasteiger partial charge >= 0.3 is 0 Å². The maximum absolute atomic E-state index is 13.3. The first kappa shape index (κ1) is 45.4. The Morgan fingerprint density at radius 1 is 0.633 bits per heavy atom. The normalized spacial score (nSPS) is 15.1. The summed E-state index contributed by atoms with van der Waals surface area (Å²) >= 11 is 0. The van der Waals surface area contributed by atoms with E-state index in [-0.39, 0.29) is 38.3 Å². The van der Waals surface area contributed by atoms with E-state index in [4.69, 9.17) is 28.7 Å². The van der Waals surface area contributed by atoms with Gasteiger partial charge in [0.1, 0.15) is 0 Å². The highest BCUT2D eigenvalue weighted by Gasteiger charge is 2.34. The summed E-state index contributed by atoms with van der Waals surface area (Å²) in [5.74, 6) is -5.81. The first-order valence-electron chi connectivity index (χ1n) is 16.8. The van der Waals surface area contributed by atoms with Gasteiger partial charge in [0, 0.05) is 19.5 Å². The molecule has 14 N–H and O–H groups in total. The molecule has 0 bridgehead atoms. The van der Waals surface area contributed by atoms with Gasteiger partial charge in [0.25, 0.3) is 0 Å². The van der Waals surface area contributed by atoms with Gasteiger partial charge < -0.3 is 39.3 Å².